The minimum Gasteiger partial charge on any atom is -0.389 e. The predicted octanol–water partition coefficient (Wildman–Crippen LogP) is 1.12. The van der Waals surface area contributed by atoms with Gasteiger partial charge in [0.2, 0.25) is 11.8 Å². The molecular formula is C14H17FN2O3. The molecule has 2 N–H and O–H groups in total. The van der Waals surface area contributed by atoms with Crippen molar-refractivity contribution < 1.29 is 19.1 Å². The monoisotopic (exact) mass is 280 g/mol. The van der Waals surface area contributed by atoms with Crippen LogP contribution in [0.1, 0.15) is 31.9 Å². The molecule has 2 atom stereocenters. The van der Waals surface area contributed by atoms with E-state index >= 15 is 0 Å². The molecule has 1 aliphatic rings. The zero-order valence-corrected chi connectivity index (χ0v) is 11.4. The standard InChI is InChI=1S/C14H17FN2O3/c1-3-11-14(20)16-13(19)7-17(11)12-5-4-9(15)6-10(12)8(2)18/h4-6,8,11,18H,3,7H2,1-2H3,(H,16,19,20)/t8-,11?/m0/s1. The van der Waals surface area contributed by atoms with Crippen LogP contribution in [-0.2, 0) is 9.59 Å². The Labute approximate surface area is 116 Å². The summed E-state index contributed by atoms with van der Waals surface area (Å²) in [4.78, 5) is 25.0. The fourth-order valence-corrected chi connectivity index (χ4v) is 2.45. The van der Waals surface area contributed by atoms with Crippen LogP contribution in [0.4, 0.5) is 10.1 Å². The first-order valence-electron chi connectivity index (χ1n) is 6.52. The lowest BCUT2D eigenvalue weighted by atomic mass is 10.0. The van der Waals surface area contributed by atoms with Gasteiger partial charge in [0.1, 0.15) is 11.9 Å². The topological polar surface area (TPSA) is 69.6 Å². The number of halogens is 1. The second-order valence-electron chi connectivity index (χ2n) is 4.84. The molecule has 0 aliphatic carbocycles. The van der Waals surface area contributed by atoms with E-state index in [1.54, 1.807) is 4.90 Å². The van der Waals surface area contributed by atoms with Gasteiger partial charge in [-0.15, -0.1) is 0 Å². The highest BCUT2D eigenvalue weighted by atomic mass is 19.1. The van der Waals surface area contributed by atoms with Gasteiger partial charge < -0.3 is 10.0 Å². The SMILES string of the molecule is CCC1C(=O)NC(=O)CN1c1ccc(F)cc1[C@H](C)O. The first kappa shape index (κ1) is 14.5. The van der Waals surface area contributed by atoms with E-state index in [-0.39, 0.29) is 12.5 Å². The largest absolute Gasteiger partial charge is 0.389 e. The van der Waals surface area contributed by atoms with Gasteiger partial charge >= 0.3 is 0 Å². The van der Waals surface area contributed by atoms with Crippen molar-refractivity contribution in [2.24, 2.45) is 0 Å². The van der Waals surface area contributed by atoms with Crippen LogP contribution >= 0.6 is 0 Å². The first-order chi connectivity index (χ1) is 9.43. The van der Waals surface area contributed by atoms with E-state index < -0.39 is 23.9 Å². The number of imide groups is 1. The van der Waals surface area contributed by atoms with Crippen molar-refractivity contribution >= 4 is 17.5 Å². The Kier molecular flexibility index (Phi) is 4.04. The second-order valence-corrected chi connectivity index (χ2v) is 4.84. The first-order valence-corrected chi connectivity index (χ1v) is 6.52. The fourth-order valence-electron chi connectivity index (χ4n) is 2.45. The van der Waals surface area contributed by atoms with Gasteiger partial charge in [0.05, 0.1) is 12.6 Å². The number of nitrogens with one attached hydrogen (secondary N) is 1. The molecule has 1 fully saturated rings. The van der Waals surface area contributed by atoms with Gasteiger partial charge in [-0.25, -0.2) is 4.39 Å². The molecule has 6 heteroatoms. The Morgan fingerprint density at radius 3 is 2.80 bits per heavy atom. The van der Waals surface area contributed by atoms with Crippen LogP contribution in [-0.4, -0.2) is 29.5 Å². The highest BCUT2D eigenvalue weighted by Gasteiger charge is 2.34. The number of hydrogen-bond acceptors (Lipinski definition) is 4. The van der Waals surface area contributed by atoms with Crippen molar-refractivity contribution in [3.05, 3.63) is 29.6 Å². The normalized spacial score (nSPS) is 20.8. The van der Waals surface area contributed by atoms with Gasteiger partial charge in [-0.3, -0.25) is 14.9 Å². The molecule has 0 saturated carbocycles. The third-order valence-electron chi connectivity index (χ3n) is 3.39. The summed E-state index contributed by atoms with van der Waals surface area (Å²) >= 11 is 0. The third kappa shape index (κ3) is 2.65. The van der Waals surface area contributed by atoms with Crippen LogP contribution in [0.5, 0.6) is 0 Å². The molecule has 0 bridgehead atoms. The average Bonchev–Trinajstić information content (AvgIpc) is 2.37. The molecule has 20 heavy (non-hydrogen) atoms. The van der Waals surface area contributed by atoms with Gasteiger partial charge in [0.25, 0.3) is 0 Å². The number of hydrogen-bond donors (Lipinski definition) is 2. The van der Waals surface area contributed by atoms with Gasteiger partial charge in [-0.1, -0.05) is 6.92 Å². The third-order valence-corrected chi connectivity index (χ3v) is 3.39. The summed E-state index contributed by atoms with van der Waals surface area (Å²) in [5.74, 6) is -1.24. The van der Waals surface area contributed by atoms with Gasteiger partial charge in [0.15, 0.2) is 0 Å². The molecule has 0 aromatic heterocycles. The van der Waals surface area contributed by atoms with E-state index in [1.165, 1.54) is 25.1 Å². The van der Waals surface area contributed by atoms with Crippen molar-refractivity contribution in [2.45, 2.75) is 32.4 Å². The maximum absolute atomic E-state index is 13.3. The fraction of sp³-hybridized carbons (Fsp3) is 0.429. The predicted molar refractivity (Wildman–Crippen MR) is 71.6 cm³/mol. The lowest BCUT2D eigenvalue weighted by Gasteiger charge is -2.36. The molecular weight excluding hydrogens is 263 g/mol. The highest BCUT2D eigenvalue weighted by molar-refractivity contribution is 6.04. The van der Waals surface area contributed by atoms with Crippen molar-refractivity contribution in [1.82, 2.24) is 5.32 Å². The minimum atomic E-state index is -0.890. The summed E-state index contributed by atoms with van der Waals surface area (Å²) in [6, 6.07) is 3.47. The number of carbonyl (C=O) groups excluding carboxylic acids is 2. The maximum atomic E-state index is 13.3. The van der Waals surface area contributed by atoms with Gasteiger partial charge in [-0.05, 0) is 31.5 Å². The maximum Gasteiger partial charge on any atom is 0.249 e. The van der Waals surface area contributed by atoms with Crippen molar-refractivity contribution in [1.29, 1.82) is 0 Å². The van der Waals surface area contributed by atoms with Crippen LogP contribution in [0.3, 0.4) is 0 Å². The molecule has 1 unspecified atom stereocenters. The molecule has 0 spiro atoms. The van der Waals surface area contributed by atoms with Crippen LogP contribution in [0.2, 0.25) is 0 Å². The highest BCUT2D eigenvalue weighted by Crippen LogP contribution is 2.30. The number of carbonyl (C=O) groups is 2. The Bertz CT molecular complexity index is 545. The number of aliphatic hydroxyl groups excluding tert-OH is 1. The molecule has 2 amide bonds. The van der Waals surface area contributed by atoms with Gasteiger partial charge in [0, 0.05) is 11.3 Å². The van der Waals surface area contributed by atoms with Crippen LogP contribution in [0.25, 0.3) is 0 Å². The molecule has 1 aromatic carbocycles. The number of rotatable bonds is 3. The number of amides is 2. The molecule has 1 aliphatic heterocycles. The molecule has 2 rings (SSSR count). The lowest BCUT2D eigenvalue weighted by molar-refractivity contribution is -0.132. The smallest absolute Gasteiger partial charge is 0.249 e. The van der Waals surface area contributed by atoms with E-state index in [1.807, 2.05) is 6.92 Å². The molecule has 5 nitrogen and oxygen atoms in total. The average molecular weight is 280 g/mol. The summed E-state index contributed by atoms with van der Waals surface area (Å²) < 4.78 is 13.3. The summed E-state index contributed by atoms with van der Waals surface area (Å²) in [7, 11) is 0. The molecule has 1 saturated heterocycles. The number of benzene rings is 1. The quantitative estimate of drug-likeness (QED) is 0.814. The van der Waals surface area contributed by atoms with Crippen molar-refractivity contribution in [2.75, 3.05) is 11.4 Å². The zero-order valence-electron chi connectivity index (χ0n) is 11.4. The van der Waals surface area contributed by atoms with E-state index in [0.29, 0.717) is 17.7 Å². The Hall–Kier alpha value is -1.95. The Balaban J connectivity index is 2.47. The number of nitrogens with zero attached hydrogens (tertiary/aromatic N) is 1. The van der Waals surface area contributed by atoms with Crippen molar-refractivity contribution in [3.8, 4) is 0 Å². The molecule has 1 heterocycles. The molecule has 1 aromatic rings. The van der Waals surface area contributed by atoms with E-state index in [4.69, 9.17) is 0 Å². The van der Waals surface area contributed by atoms with E-state index in [2.05, 4.69) is 5.32 Å². The summed E-state index contributed by atoms with van der Waals surface area (Å²) in [6.45, 7) is 3.36. The lowest BCUT2D eigenvalue weighted by Crippen LogP contribution is -2.58. The van der Waals surface area contributed by atoms with Gasteiger partial charge in [-0.2, -0.15) is 0 Å². The second kappa shape index (κ2) is 5.58. The zero-order chi connectivity index (χ0) is 14.9. The van der Waals surface area contributed by atoms with Crippen LogP contribution < -0.4 is 10.2 Å². The summed E-state index contributed by atoms with van der Waals surface area (Å²) in [5, 5.41) is 12.1. The Morgan fingerprint density at radius 2 is 2.20 bits per heavy atom. The minimum absolute atomic E-state index is 0.00952. The van der Waals surface area contributed by atoms with Crippen LogP contribution in [0, 0.1) is 5.82 Å². The number of aliphatic hydroxyl groups is 1. The summed E-state index contributed by atoms with van der Waals surface area (Å²) in [6.07, 6.45) is -0.381. The van der Waals surface area contributed by atoms with Crippen LogP contribution in [0.15, 0.2) is 18.2 Å². The van der Waals surface area contributed by atoms with E-state index in [9.17, 15) is 19.1 Å². The number of anilines is 1. The van der Waals surface area contributed by atoms with E-state index in [0.717, 1.165) is 0 Å². The number of piperazine rings is 1. The van der Waals surface area contributed by atoms with Crippen molar-refractivity contribution in [3.63, 3.8) is 0 Å². The molecule has 0 radical (unpaired) electrons. The Morgan fingerprint density at radius 1 is 1.50 bits per heavy atom. The molecule has 108 valence electrons. The summed E-state index contributed by atoms with van der Waals surface area (Å²) in [5.41, 5.74) is 0.877.